The van der Waals surface area contributed by atoms with Crippen molar-refractivity contribution in [1.82, 2.24) is 20.4 Å². The van der Waals surface area contributed by atoms with Crippen molar-refractivity contribution in [3.05, 3.63) is 0 Å². The average molecular weight is 615 g/mol. The first-order valence-corrected chi connectivity index (χ1v) is 17.5. The number of aliphatic carboxylic acids is 1. The molecule has 0 aromatic rings. The summed E-state index contributed by atoms with van der Waals surface area (Å²) in [4.78, 5) is 58.8. The van der Waals surface area contributed by atoms with Crippen LogP contribution in [0.1, 0.15) is 126 Å². The molecule has 0 radical (unpaired) electrons. The standard InChI is InChI=1S/C35H58N4O5/c1-22(2)38-19-12-11-16-24(38)28(40)36-26(23-14-9-8-10-15-23)29(41)37-27(32(3,4)5)30(42)39-21-35(20-25(39)31(43)44)33(6,7)34(35)17-13-18-34/h22-27H,8-21H2,1-7H3,(H,36,40)(H,37,41)(H,43,44)/t24-,25-,26-,27+,35+/m0/s1. The Balaban J connectivity index is 1.37. The van der Waals surface area contributed by atoms with E-state index in [-0.39, 0.29) is 52.0 Å². The molecule has 3 aliphatic carbocycles. The van der Waals surface area contributed by atoms with E-state index in [1.807, 2.05) is 20.8 Å². The fraction of sp³-hybridized carbons (Fsp3) is 0.886. The number of carboxylic acids is 1. The Morgan fingerprint density at radius 1 is 0.841 bits per heavy atom. The molecule has 2 aliphatic heterocycles. The van der Waals surface area contributed by atoms with Crippen molar-refractivity contribution in [3.63, 3.8) is 0 Å². The molecule has 3 amide bonds. The van der Waals surface area contributed by atoms with Crippen LogP contribution < -0.4 is 10.6 Å². The Labute approximate surface area is 264 Å². The van der Waals surface area contributed by atoms with E-state index in [9.17, 15) is 24.3 Å². The van der Waals surface area contributed by atoms with E-state index in [0.717, 1.165) is 77.2 Å². The second-order valence-electron chi connectivity index (χ2n) is 16.7. The highest BCUT2D eigenvalue weighted by atomic mass is 16.4. The highest BCUT2D eigenvalue weighted by Crippen LogP contribution is 2.88. The molecule has 9 heteroatoms. The minimum atomic E-state index is -0.971. The third kappa shape index (κ3) is 5.37. The first-order valence-electron chi connectivity index (χ1n) is 17.5. The SMILES string of the molecule is CC(C)N1CCCC[C@H]1C(=O)N[C@H](C(=O)N[C@H](C(=O)N1C[C@]2(C[C@H]1C(=O)O)C(C)(C)C21CCC1)C(C)(C)C)C1CCCCC1. The number of nitrogens with one attached hydrogen (secondary N) is 2. The maximum atomic E-state index is 14.4. The molecule has 5 rings (SSSR count). The van der Waals surface area contributed by atoms with Crippen molar-refractivity contribution in [2.45, 2.75) is 156 Å². The summed E-state index contributed by atoms with van der Waals surface area (Å²) in [5.74, 6) is -1.71. The molecule has 0 aromatic carbocycles. The van der Waals surface area contributed by atoms with Gasteiger partial charge in [0.1, 0.15) is 18.1 Å². The van der Waals surface area contributed by atoms with Crippen molar-refractivity contribution < 1.29 is 24.3 Å². The Hall–Kier alpha value is -2.16. The first-order chi connectivity index (χ1) is 20.6. The van der Waals surface area contributed by atoms with Crippen LogP contribution in [0.2, 0.25) is 0 Å². The monoisotopic (exact) mass is 614 g/mol. The third-order valence-electron chi connectivity index (χ3n) is 13.0. The second-order valence-corrected chi connectivity index (χ2v) is 16.7. The zero-order chi connectivity index (χ0) is 32.2. The number of carbonyl (C=O) groups excluding carboxylic acids is 3. The van der Waals surface area contributed by atoms with Gasteiger partial charge in [0.2, 0.25) is 17.7 Å². The zero-order valence-electron chi connectivity index (χ0n) is 28.3. The van der Waals surface area contributed by atoms with Crippen molar-refractivity contribution in [2.24, 2.45) is 27.6 Å². The van der Waals surface area contributed by atoms with Crippen LogP contribution in [-0.4, -0.2) is 81.9 Å². The second kappa shape index (κ2) is 11.9. The minimum Gasteiger partial charge on any atom is -0.480 e. The summed E-state index contributed by atoms with van der Waals surface area (Å²) in [5, 5.41) is 16.6. The summed E-state index contributed by atoms with van der Waals surface area (Å²) in [6, 6.07) is -2.56. The van der Waals surface area contributed by atoms with Gasteiger partial charge < -0.3 is 20.6 Å². The van der Waals surface area contributed by atoms with Crippen LogP contribution in [0.25, 0.3) is 0 Å². The third-order valence-corrected chi connectivity index (χ3v) is 13.0. The molecular formula is C35H58N4O5. The predicted octanol–water partition coefficient (Wildman–Crippen LogP) is 4.73. The van der Waals surface area contributed by atoms with Crippen LogP contribution in [0, 0.1) is 27.6 Å². The highest BCUT2D eigenvalue weighted by molar-refractivity contribution is 5.95. The molecule has 3 N–H and O–H groups in total. The van der Waals surface area contributed by atoms with Crippen LogP contribution in [0.15, 0.2) is 0 Å². The molecule has 5 fully saturated rings. The molecule has 2 heterocycles. The Bertz CT molecular complexity index is 1130. The van der Waals surface area contributed by atoms with Crippen LogP contribution in [0.5, 0.6) is 0 Å². The molecule has 5 atom stereocenters. The van der Waals surface area contributed by atoms with Crippen LogP contribution in [0.4, 0.5) is 0 Å². The highest BCUT2D eigenvalue weighted by Gasteiger charge is 2.85. The molecular weight excluding hydrogens is 556 g/mol. The smallest absolute Gasteiger partial charge is 0.326 e. The summed E-state index contributed by atoms with van der Waals surface area (Å²) in [6.07, 6.45) is 11.5. The van der Waals surface area contributed by atoms with Crippen molar-refractivity contribution >= 4 is 23.7 Å². The quantitative estimate of drug-likeness (QED) is 0.364. The fourth-order valence-corrected chi connectivity index (χ4v) is 10.1. The van der Waals surface area contributed by atoms with E-state index < -0.39 is 29.5 Å². The van der Waals surface area contributed by atoms with Crippen LogP contribution in [0.3, 0.4) is 0 Å². The Kier molecular flexibility index (Phi) is 8.97. The maximum absolute atomic E-state index is 14.4. The fourth-order valence-electron chi connectivity index (χ4n) is 10.1. The number of likely N-dealkylation sites (tertiary alicyclic amines) is 2. The summed E-state index contributed by atoms with van der Waals surface area (Å²) in [5.41, 5.74) is -0.745. The van der Waals surface area contributed by atoms with Gasteiger partial charge in [-0.25, -0.2) is 4.79 Å². The van der Waals surface area contributed by atoms with Gasteiger partial charge in [0.25, 0.3) is 0 Å². The topological polar surface area (TPSA) is 119 Å². The van der Waals surface area contributed by atoms with E-state index in [2.05, 4.69) is 43.2 Å². The van der Waals surface area contributed by atoms with Crippen molar-refractivity contribution in [1.29, 1.82) is 0 Å². The van der Waals surface area contributed by atoms with Gasteiger partial charge in [-0.2, -0.15) is 0 Å². The largest absolute Gasteiger partial charge is 0.480 e. The summed E-state index contributed by atoms with van der Waals surface area (Å²) < 4.78 is 0. The normalized spacial score (nSPS) is 31.4. The lowest BCUT2D eigenvalue weighted by Crippen LogP contribution is -2.62. The Morgan fingerprint density at radius 2 is 1.48 bits per heavy atom. The number of rotatable bonds is 8. The lowest BCUT2D eigenvalue weighted by atomic mass is 9.73. The van der Waals surface area contributed by atoms with Crippen LogP contribution >= 0.6 is 0 Å². The lowest BCUT2D eigenvalue weighted by Gasteiger charge is -2.40. The number of carbonyl (C=O) groups is 4. The minimum absolute atomic E-state index is 0.00655. The molecule has 0 unspecified atom stereocenters. The van der Waals surface area contributed by atoms with E-state index in [1.165, 1.54) is 0 Å². The zero-order valence-corrected chi connectivity index (χ0v) is 28.3. The number of nitrogens with zero attached hydrogens (tertiary/aromatic N) is 2. The first kappa shape index (κ1) is 33.2. The molecule has 0 aromatic heterocycles. The number of amides is 3. The van der Waals surface area contributed by atoms with E-state index in [0.29, 0.717) is 13.0 Å². The number of piperidine rings is 1. The molecule has 2 spiro atoms. The van der Waals surface area contributed by atoms with Gasteiger partial charge in [-0.05, 0) is 87.5 Å². The van der Waals surface area contributed by atoms with Crippen molar-refractivity contribution in [2.75, 3.05) is 13.1 Å². The maximum Gasteiger partial charge on any atom is 0.326 e. The summed E-state index contributed by atoms with van der Waals surface area (Å²) in [6.45, 7) is 15.8. The number of hydrogen-bond acceptors (Lipinski definition) is 5. The molecule has 3 saturated carbocycles. The van der Waals surface area contributed by atoms with Gasteiger partial charge >= 0.3 is 5.97 Å². The molecule has 2 saturated heterocycles. The van der Waals surface area contributed by atoms with Gasteiger partial charge in [0, 0.05) is 18.0 Å². The van der Waals surface area contributed by atoms with Gasteiger partial charge in [-0.1, -0.05) is 66.7 Å². The molecule has 5 aliphatic rings. The summed E-state index contributed by atoms with van der Waals surface area (Å²) in [7, 11) is 0. The molecule has 9 nitrogen and oxygen atoms in total. The molecule has 248 valence electrons. The number of hydrogen-bond donors (Lipinski definition) is 3. The van der Waals surface area contributed by atoms with E-state index in [4.69, 9.17) is 0 Å². The van der Waals surface area contributed by atoms with Gasteiger partial charge in [-0.15, -0.1) is 0 Å². The number of fused-ring (bicyclic) bond motifs is 1. The van der Waals surface area contributed by atoms with Gasteiger partial charge in [0.05, 0.1) is 6.04 Å². The molecule has 0 bridgehead atoms. The van der Waals surface area contributed by atoms with E-state index >= 15 is 0 Å². The van der Waals surface area contributed by atoms with Gasteiger partial charge in [0.15, 0.2) is 0 Å². The van der Waals surface area contributed by atoms with Crippen molar-refractivity contribution in [3.8, 4) is 0 Å². The lowest BCUT2D eigenvalue weighted by molar-refractivity contribution is -0.151. The average Bonchev–Trinajstić information content (AvgIpc) is 3.18. The molecule has 44 heavy (non-hydrogen) atoms. The van der Waals surface area contributed by atoms with Gasteiger partial charge in [-0.3, -0.25) is 19.3 Å². The summed E-state index contributed by atoms with van der Waals surface area (Å²) >= 11 is 0. The van der Waals surface area contributed by atoms with Crippen LogP contribution in [-0.2, 0) is 19.2 Å². The predicted molar refractivity (Wildman–Crippen MR) is 170 cm³/mol. The Morgan fingerprint density at radius 3 is 2.00 bits per heavy atom. The van der Waals surface area contributed by atoms with E-state index in [1.54, 1.807) is 4.90 Å². The number of carboxylic acid groups (broad SMARTS) is 1.